The molecule has 0 saturated carbocycles. The molecule has 0 unspecified atom stereocenters. The van der Waals surface area contributed by atoms with Gasteiger partial charge in [-0.15, -0.1) is 0 Å². The number of carbonyl (C=O) groups is 1. The zero-order chi connectivity index (χ0) is 25.8. The number of likely N-dealkylation sites (N-methyl/N-ethyl adjacent to an activating group) is 1. The van der Waals surface area contributed by atoms with Crippen LogP contribution in [0.5, 0.6) is 5.75 Å². The number of pyridine rings is 1. The molecule has 37 heavy (non-hydrogen) atoms. The SMILES string of the molecule is CNCC(=O)N1CCn2nc(-c3ccncc3)c(-c3ccc(OCc4ccc(C(C)C)cc4)cc3)c2C1. The van der Waals surface area contributed by atoms with Crippen LogP contribution in [0.4, 0.5) is 0 Å². The molecule has 190 valence electrons. The lowest BCUT2D eigenvalue weighted by Gasteiger charge is -2.28. The number of nitrogens with zero attached hydrogens (tertiary/aromatic N) is 4. The van der Waals surface area contributed by atoms with E-state index in [4.69, 9.17) is 9.84 Å². The first-order valence-corrected chi connectivity index (χ1v) is 12.8. The fourth-order valence-corrected chi connectivity index (χ4v) is 4.69. The quantitative estimate of drug-likeness (QED) is 0.377. The van der Waals surface area contributed by atoms with E-state index in [1.165, 1.54) is 5.56 Å². The summed E-state index contributed by atoms with van der Waals surface area (Å²) >= 11 is 0. The summed E-state index contributed by atoms with van der Waals surface area (Å²) in [6.45, 7) is 7.08. The zero-order valence-electron chi connectivity index (χ0n) is 21.6. The first-order valence-electron chi connectivity index (χ1n) is 12.8. The van der Waals surface area contributed by atoms with E-state index < -0.39 is 0 Å². The number of fused-ring (bicyclic) bond motifs is 1. The Bertz CT molecular complexity index is 1350. The van der Waals surface area contributed by atoms with Gasteiger partial charge in [0.2, 0.25) is 5.91 Å². The largest absolute Gasteiger partial charge is 0.489 e. The van der Waals surface area contributed by atoms with Crippen LogP contribution >= 0.6 is 0 Å². The van der Waals surface area contributed by atoms with Crippen LogP contribution in [-0.4, -0.2) is 45.7 Å². The van der Waals surface area contributed by atoms with Gasteiger partial charge in [-0.1, -0.05) is 50.2 Å². The number of hydrogen-bond donors (Lipinski definition) is 1. The third kappa shape index (κ3) is 5.42. The van der Waals surface area contributed by atoms with Gasteiger partial charge in [-0.05, 0) is 53.9 Å². The van der Waals surface area contributed by atoms with Gasteiger partial charge in [0.25, 0.3) is 0 Å². The van der Waals surface area contributed by atoms with Gasteiger partial charge < -0.3 is 15.0 Å². The first-order chi connectivity index (χ1) is 18.0. The van der Waals surface area contributed by atoms with Crippen LogP contribution in [0.2, 0.25) is 0 Å². The van der Waals surface area contributed by atoms with Gasteiger partial charge in [-0.2, -0.15) is 5.10 Å². The smallest absolute Gasteiger partial charge is 0.236 e. The van der Waals surface area contributed by atoms with Crippen molar-refractivity contribution in [3.8, 4) is 28.1 Å². The number of hydrogen-bond acceptors (Lipinski definition) is 5. The van der Waals surface area contributed by atoms with Gasteiger partial charge in [0.1, 0.15) is 18.1 Å². The van der Waals surface area contributed by atoms with Crippen LogP contribution < -0.4 is 10.1 Å². The van der Waals surface area contributed by atoms with Gasteiger partial charge in [-0.3, -0.25) is 14.5 Å². The number of amides is 1. The molecule has 0 aliphatic carbocycles. The Balaban J connectivity index is 1.41. The molecular formula is C30H33N5O2. The lowest BCUT2D eigenvalue weighted by atomic mass is 9.98. The normalized spacial score (nSPS) is 13.0. The van der Waals surface area contributed by atoms with Crippen molar-refractivity contribution in [2.24, 2.45) is 0 Å². The molecular weight excluding hydrogens is 462 g/mol. The minimum Gasteiger partial charge on any atom is -0.489 e. The molecule has 0 bridgehead atoms. The second-order valence-electron chi connectivity index (χ2n) is 9.68. The predicted molar refractivity (Wildman–Crippen MR) is 145 cm³/mol. The highest BCUT2D eigenvalue weighted by molar-refractivity contribution is 5.84. The molecule has 1 N–H and O–H groups in total. The van der Waals surface area contributed by atoms with E-state index in [1.807, 2.05) is 33.8 Å². The summed E-state index contributed by atoms with van der Waals surface area (Å²) in [7, 11) is 1.80. The summed E-state index contributed by atoms with van der Waals surface area (Å²) < 4.78 is 8.12. The van der Waals surface area contributed by atoms with Crippen molar-refractivity contribution < 1.29 is 9.53 Å². The van der Waals surface area contributed by atoms with E-state index in [0.717, 1.165) is 39.4 Å². The fourth-order valence-electron chi connectivity index (χ4n) is 4.69. The highest BCUT2D eigenvalue weighted by Crippen LogP contribution is 2.37. The molecule has 0 radical (unpaired) electrons. The number of ether oxygens (including phenoxy) is 1. The monoisotopic (exact) mass is 495 g/mol. The molecule has 1 aliphatic rings. The third-order valence-electron chi connectivity index (χ3n) is 6.81. The third-order valence-corrected chi connectivity index (χ3v) is 6.81. The Morgan fingerprint density at radius 1 is 0.973 bits per heavy atom. The zero-order valence-corrected chi connectivity index (χ0v) is 21.6. The molecule has 1 amide bonds. The minimum absolute atomic E-state index is 0.0940. The maximum atomic E-state index is 12.6. The van der Waals surface area contributed by atoms with E-state index in [2.05, 4.69) is 60.5 Å². The molecule has 0 saturated heterocycles. The maximum absolute atomic E-state index is 12.6. The number of aromatic nitrogens is 3. The Kier molecular flexibility index (Phi) is 7.32. The van der Waals surface area contributed by atoms with E-state index in [9.17, 15) is 4.79 Å². The fraction of sp³-hybridized carbons (Fsp3) is 0.300. The molecule has 2 aromatic heterocycles. The summed E-state index contributed by atoms with van der Waals surface area (Å²) in [4.78, 5) is 18.7. The summed E-state index contributed by atoms with van der Waals surface area (Å²) in [6.07, 6.45) is 3.57. The lowest BCUT2D eigenvalue weighted by Crippen LogP contribution is -2.42. The van der Waals surface area contributed by atoms with Gasteiger partial charge in [-0.25, -0.2) is 0 Å². The predicted octanol–water partition coefficient (Wildman–Crippen LogP) is 4.88. The molecule has 1 aliphatic heterocycles. The molecule has 7 heteroatoms. The highest BCUT2D eigenvalue weighted by Gasteiger charge is 2.27. The van der Waals surface area contributed by atoms with Crippen LogP contribution in [0.3, 0.4) is 0 Å². The second kappa shape index (κ2) is 11.0. The van der Waals surface area contributed by atoms with E-state index >= 15 is 0 Å². The average molecular weight is 496 g/mol. The molecule has 3 heterocycles. The van der Waals surface area contributed by atoms with Crippen molar-refractivity contribution >= 4 is 5.91 Å². The van der Waals surface area contributed by atoms with Gasteiger partial charge >= 0.3 is 0 Å². The number of benzene rings is 2. The second-order valence-corrected chi connectivity index (χ2v) is 9.68. The molecule has 4 aromatic rings. The number of carbonyl (C=O) groups excluding carboxylic acids is 1. The Hall–Kier alpha value is -3.97. The summed E-state index contributed by atoms with van der Waals surface area (Å²) in [6, 6.07) is 20.7. The van der Waals surface area contributed by atoms with Crippen LogP contribution in [0.1, 0.15) is 36.6 Å². The molecule has 0 spiro atoms. The van der Waals surface area contributed by atoms with Crippen molar-refractivity contribution in [1.82, 2.24) is 25.0 Å². The van der Waals surface area contributed by atoms with E-state index in [0.29, 0.717) is 38.7 Å². The van der Waals surface area contributed by atoms with Gasteiger partial charge in [0.05, 0.1) is 25.3 Å². The van der Waals surface area contributed by atoms with Crippen molar-refractivity contribution in [3.63, 3.8) is 0 Å². The molecule has 0 atom stereocenters. The van der Waals surface area contributed by atoms with E-state index in [1.54, 1.807) is 19.4 Å². The Labute approximate surface area is 218 Å². The maximum Gasteiger partial charge on any atom is 0.236 e. The summed E-state index contributed by atoms with van der Waals surface area (Å²) in [5.74, 6) is 1.42. The van der Waals surface area contributed by atoms with Crippen molar-refractivity contribution in [3.05, 3.63) is 89.9 Å². The topological polar surface area (TPSA) is 72.3 Å². The van der Waals surface area contributed by atoms with Crippen LogP contribution in [-0.2, 0) is 24.5 Å². The van der Waals surface area contributed by atoms with Gasteiger partial charge in [0, 0.05) is 30.1 Å². The molecule has 7 nitrogen and oxygen atoms in total. The van der Waals surface area contributed by atoms with Crippen LogP contribution in [0.25, 0.3) is 22.4 Å². The molecule has 2 aromatic carbocycles. The number of nitrogens with one attached hydrogen (secondary N) is 1. The molecule has 0 fully saturated rings. The lowest BCUT2D eigenvalue weighted by molar-refractivity contribution is -0.131. The number of rotatable bonds is 8. The van der Waals surface area contributed by atoms with E-state index in [-0.39, 0.29) is 5.91 Å². The van der Waals surface area contributed by atoms with Crippen LogP contribution in [0.15, 0.2) is 73.1 Å². The van der Waals surface area contributed by atoms with Gasteiger partial charge in [0.15, 0.2) is 0 Å². The van der Waals surface area contributed by atoms with Crippen molar-refractivity contribution in [2.45, 2.75) is 39.5 Å². The van der Waals surface area contributed by atoms with Crippen molar-refractivity contribution in [2.75, 3.05) is 20.1 Å². The van der Waals surface area contributed by atoms with Crippen LogP contribution in [0, 0.1) is 0 Å². The summed E-state index contributed by atoms with van der Waals surface area (Å²) in [5.41, 5.74) is 7.51. The molecule has 5 rings (SSSR count). The average Bonchev–Trinajstić information content (AvgIpc) is 3.32. The Morgan fingerprint density at radius 3 is 2.38 bits per heavy atom. The van der Waals surface area contributed by atoms with Crippen molar-refractivity contribution in [1.29, 1.82) is 0 Å². The Morgan fingerprint density at radius 2 is 1.70 bits per heavy atom. The minimum atomic E-state index is 0.0940. The first kappa shape index (κ1) is 24.7. The standard InChI is InChI=1S/C30H33N5O2/c1-21(2)23-6-4-22(5-7-23)20-37-26-10-8-24(9-11-26)29-27-19-34(28(36)18-31-3)16-17-35(27)33-30(29)25-12-14-32-15-13-25/h4-15,21,31H,16-20H2,1-3H3. The summed E-state index contributed by atoms with van der Waals surface area (Å²) in [5, 5.41) is 7.93. The highest BCUT2D eigenvalue weighted by atomic mass is 16.5.